The fourth-order valence-corrected chi connectivity index (χ4v) is 4.75. The lowest BCUT2D eigenvalue weighted by Crippen LogP contribution is -2.33. The van der Waals surface area contributed by atoms with Gasteiger partial charge in [-0.05, 0) is 73.9 Å². The largest absolute Gasteiger partial charge is 0.464 e. The molecule has 27 heavy (non-hydrogen) atoms. The molecule has 2 aromatic rings. The topological polar surface area (TPSA) is 45.5 Å². The lowest BCUT2D eigenvalue weighted by molar-refractivity contribution is -0.130. The minimum Gasteiger partial charge on any atom is -0.464 e. The first-order valence-electron chi connectivity index (χ1n) is 10.0. The van der Waals surface area contributed by atoms with E-state index in [1.54, 1.807) is 6.26 Å². The Morgan fingerprint density at radius 2 is 1.89 bits per heavy atom. The van der Waals surface area contributed by atoms with E-state index < -0.39 is 0 Å². The first kappa shape index (κ1) is 20.2. The van der Waals surface area contributed by atoms with Crippen molar-refractivity contribution in [3.05, 3.63) is 35.1 Å². The van der Waals surface area contributed by atoms with E-state index in [9.17, 15) is 4.79 Å². The van der Waals surface area contributed by atoms with Crippen LogP contribution in [0, 0.1) is 18.8 Å². The molecule has 2 aliphatic heterocycles. The molecule has 0 bridgehead atoms. The van der Waals surface area contributed by atoms with E-state index in [0.717, 1.165) is 67.4 Å². The number of rotatable bonds is 3. The van der Waals surface area contributed by atoms with E-state index in [2.05, 4.69) is 43.1 Å². The van der Waals surface area contributed by atoms with Crippen LogP contribution in [-0.4, -0.2) is 37.0 Å². The Hall–Kier alpha value is -1.52. The third-order valence-electron chi connectivity index (χ3n) is 6.38. The van der Waals surface area contributed by atoms with Gasteiger partial charge in [0.1, 0.15) is 5.58 Å². The molecule has 2 fully saturated rings. The normalized spacial score (nSPS) is 22.6. The lowest BCUT2D eigenvalue weighted by Gasteiger charge is -2.20. The fraction of sp³-hybridized carbons (Fsp3) is 0.591. The Morgan fingerprint density at radius 3 is 2.52 bits per heavy atom. The third-order valence-corrected chi connectivity index (χ3v) is 6.38. The molecular formula is C22H31ClN2O2. The van der Waals surface area contributed by atoms with Gasteiger partial charge in [0, 0.05) is 24.0 Å². The number of nitrogens with zero attached hydrogens (tertiary/aromatic N) is 1. The number of amides is 1. The summed E-state index contributed by atoms with van der Waals surface area (Å²) in [6, 6.07) is 4.33. The Morgan fingerprint density at radius 1 is 1.22 bits per heavy atom. The van der Waals surface area contributed by atoms with Crippen molar-refractivity contribution in [2.24, 2.45) is 11.8 Å². The molecule has 1 aromatic carbocycles. The number of furan rings is 1. The average Bonchev–Trinajstić information content (AvgIpc) is 3.15. The average molecular weight is 391 g/mol. The second kappa shape index (κ2) is 8.24. The summed E-state index contributed by atoms with van der Waals surface area (Å²) < 4.78 is 5.76. The van der Waals surface area contributed by atoms with E-state index in [-0.39, 0.29) is 18.3 Å². The third kappa shape index (κ3) is 4.02. The highest BCUT2D eigenvalue weighted by Gasteiger charge is 2.31. The number of hydrogen-bond acceptors (Lipinski definition) is 3. The van der Waals surface area contributed by atoms with E-state index in [1.807, 2.05) is 0 Å². The number of carbonyl (C=O) groups is 1. The monoisotopic (exact) mass is 390 g/mol. The highest BCUT2D eigenvalue weighted by molar-refractivity contribution is 5.88. The van der Waals surface area contributed by atoms with Crippen molar-refractivity contribution >= 4 is 29.3 Å². The number of aryl methyl sites for hydroxylation is 1. The van der Waals surface area contributed by atoms with Gasteiger partial charge in [0.15, 0.2) is 0 Å². The molecule has 2 atom stereocenters. The van der Waals surface area contributed by atoms with E-state index in [0.29, 0.717) is 12.3 Å². The van der Waals surface area contributed by atoms with Crippen molar-refractivity contribution < 1.29 is 9.21 Å². The van der Waals surface area contributed by atoms with Gasteiger partial charge < -0.3 is 14.6 Å². The molecule has 0 saturated carbocycles. The summed E-state index contributed by atoms with van der Waals surface area (Å²) in [4.78, 5) is 15.0. The summed E-state index contributed by atoms with van der Waals surface area (Å²) in [5.41, 5.74) is 4.51. The smallest absolute Gasteiger partial charge is 0.227 e. The number of hydrogen-bond donors (Lipinski definition) is 1. The van der Waals surface area contributed by atoms with E-state index in [1.165, 1.54) is 11.1 Å². The second-order valence-electron chi connectivity index (χ2n) is 8.43. The van der Waals surface area contributed by atoms with Gasteiger partial charge >= 0.3 is 0 Å². The van der Waals surface area contributed by atoms with Crippen LogP contribution in [0.5, 0.6) is 0 Å². The van der Waals surface area contributed by atoms with Gasteiger partial charge in [-0.3, -0.25) is 4.79 Å². The highest BCUT2D eigenvalue weighted by Crippen LogP contribution is 2.30. The van der Waals surface area contributed by atoms with E-state index >= 15 is 0 Å². The molecule has 4 nitrogen and oxygen atoms in total. The maximum absolute atomic E-state index is 12.9. The Bertz CT molecular complexity index is 800. The molecule has 3 heterocycles. The zero-order valence-electron chi connectivity index (χ0n) is 16.6. The molecule has 0 unspecified atom stereocenters. The van der Waals surface area contributed by atoms with Crippen molar-refractivity contribution in [1.29, 1.82) is 0 Å². The predicted octanol–water partition coefficient (Wildman–Crippen LogP) is 4.29. The molecule has 0 radical (unpaired) electrons. The Balaban J connectivity index is 0.00000210. The molecule has 2 aliphatic rings. The van der Waals surface area contributed by atoms with Crippen LogP contribution in [0.3, 0.4) is 0 Å². The van der Waals surface area contributed by atoms with E-state index in [4.69, 9.17) is 4.42 Å². The number of nitrogens with one attached hydrogen (secondary N) is 1. The Kier molecular flexibility index (Phi) is 6.17. The van der Waals surface area contributed by atoms with Crippen molar-refractivity contribution in [1.82, 2.24) is 10.2 Å². The maximum atomic E-state index is 12.9. The van der Waals surface area contributed by atoms with Gasteiger partial charge in [-0.15, -0.1) is 12.4 Å². The van der Waals surface area contributed by atoms with Crippen LogP contribution in [-0.2, 0) is 11.2 Å². The summed E-state index contributed by atoms with van der Waals surface area (Å²) in [6.07, 6.45) is 4.49. The lowest BCUT2D eigenvalue weighted by atomic mass is 9.92. The molecule has 1 N–H and O–H groups in total. The SMILES string of the molecule is Cc1cc2occ(CC(=O)N3CC[C@@H]4CNC[C@@H]4CC3)c2cc1C(C)C.Cl. The Labute approximate surface area is 168 Å². The van der Waals surface area contributed by atoms with Crippen LogP contribution in [0.4, 0.5) is 0 Å². The molecular weight excluding hydrogens is 360 g/mol. The number of likely N-dealkylation sites (tertiary alicyclic amines) is 1. The highest BCUT2D eigenvalue weighted by atomic mass is 35.5. The zero-order chi connectivity index (χ0) is 18.3. The van der Waals surface area contributed by atoms with Crippen LogP contribution >= 0.6 is 12.4 Å². The van der Waals surface area contributed by atoms with Crippen molar-refractivity contribution in [2.75, 3.05) is 26.2 Å². The van der Waals surface area contributed by atoms with Crippen molar-refractivity contribution in [2.45, 2.75) is 46.0 Å². The first-order valence-corrected chi connectivity index (χ1v) is 10.0. The zero-order valence-corrected chi connectivity index (χ0v) is 17.4. The van der Waals surface area contributed by atoms with Crippen LogP contribution in [0.15, 0.2) is 22.8 Å². The quantitative estimate of drug-likeness (QED) is 0.850. The molecule has 5 heteroatoms. The van der Waals surface area contributed by atoms with Crippen LogP contribution < -0.4 is 5.32 Å². The van der Waals surface area contributed by atoms with Gasteiger partial charge in [-0.2, -0.15) is 0 Å². The fourth-order valence-electron chi connectivity index (χ4n) is 4.75. The number of carbonyl (C=O) groups excluding carboxylic acids is 1. The maximum Gasteiger partial charge on any atom is 0.227 e. The standard InChI is InChI=1S/C22H30N2O2.ClH/c1-14(2)19-10-20-18(13-26-21(20)8-15(19)3)9-22(25)24-6-4-16-11-23-12-17(16)5-7-24;/h8,10,13-14,16-17,23H,4-7,9,11-12H2,1-3H3;1H/t16-,17+;. The van der Waals surface area contributed by atoms with Crippen molar-refractivity contribution in [3.63, 3.8) is 0 Å². The predicted molar refractivity (Wildman–Crippen MR) is 112 cm³/mol. The second-order valence-corrected chi connectivity index (χ2v) is 8.43. The summed E-state index contributed by atoms with van der Waals surface area (Å²) in [6.45, 7) is 10.6. The number of benzene rings is 1. The van der Waals surface area contributed by atoms with Gasteiger partial charge in [0.2, 0.25) is 5.91 Å². The first-order chi connectivity index (χ1) is 12.5. The van der Waals surface area contributed by atoms with Gasteiger partial charge in [-0.1, -0.05) is 13.8 Å². The molecule has 4 rings (SSSR count). The molecule has 0 spiro atoms. The summed E-state index contributed by atoms with van der Waals surface area (Å²) in [5, 5.41) is 4.60. The number of fused-ring (bicyclic) bond motifs is 2. The summed E-state index contributed by atoms with van der Waals surface area (Å²) in [7, 11) is 0. The molecule has 1 aromatic heterocycles. The molecule has 148 valence electrons. The minimum absolute atomic E-state index is 0. The van der Waals surface area contributed by atoms with Gasteiger partial charge in [0.25, 0.3) is 0 Å². The minimum atomic E-state index is 0. The van der Waals surface area contributed by atoms with Gasteiger partial charge in [-0.25, -0.2) is 0 Å². The van der Waals surface area contributed by atoms with Crippen molar-refractivity contribution in [3.8, 4) is 0 Å². The molecule has 2 saturated heterocycles. The van der Waals surface area contributed by atoms with Crippen LogP contribution in [0.2, 0.25) is 0 Å². The summed E-state index contributed by atoms with van der Waals surface area (Å²) in [5.74, 6) is 2.21. The van der Waals surface area contributed by atoms with Gasteiger partial charge in [0.05, 0.1) is 12.7 Å². The number of halogens is 1. The van der Waals surface area contributed by atoms with Crippen LogP contribution in [0.1, 0.15) is 49.3 Å². The molecule has 1 amide bonds. The summed E-state index contributed by atoms with van der Waals surface area (Å²) >= 11 is 0. The van der Waals surface area contributed by atoms with Crippen LogP contribution in [0.25, 0.3) is 11.0 Å². The molecule has 0 aliphatic carbocycles.